The van der Waals surface area contributed by atoms with Gasteiger partial charge < -0.3 is 0 Å². The van der Waals surface area contributed by atoms with E-state index in [1.165, 1.54) is 10.8 Å². The van der Waals surface area contributed by atoms with Crippen molar-refractivity contribution >= 4 is 11.3 Å². The molecule has 2 heterocycles. The first-order valence-corrected chi connectivity index (χ1v) is 14.9. The van der Waals surface area contributed by atoms with Gasteiger partial charge in [0.05, 0.1) is 0 Å². The molecule has 0 aromatic carbocycles. The molecule has 3 N–H and O–H groups in total. The zero-order valence-electron chi connectivity index (χ0n) is 9.38. The summed E-state index contributed by atoms with van der Waals surface area (Å²) in [4.78, 5) is 25.2. The summed E-state index contributed by atoms with van der Waals surface area (Å²) in [5, 5.41) is 18.6. The first kappa shape index (κ1) is 14.2. The van der Waals surface area contributed by atoms with Crippen LogP contribution in [0.4, 0.5) is 0 Å². The number of nitrogens with one attached hydrogen (secondary N) is 1. The number of rotatable bonds is 3. The third kappa shape index (κ3) is 2.69. The van der Waals surface area contributed by atoms with Gasteiger partial charge >= 0.3 is 118 Å². The van der Waals surface area contributed by atoms with Crippen molar-refractivity contribution in [3.05, 3.63) is 27.0 Å². The fourth-order valence-corrected chi connectivity index (χ4v) is 5.41. The molecule has 0 saturated carbocycles. The van der Waals surface area contributed by atoms with E-state index in [1.54, 1.807) is 0 Å². The normalized spacial score (nSPS) is 27.2. The number of aromatic nitrogens is 2. The SMILES string of the molecule is O=c1[nH]c(=O)n([C@H]2C[C@H](O)[C@@H](CO)O2)c[c]1[Hg][Cl]. The van der Waals surface area contributed by atoms with E-state index in [0.29, 0.717) is 3.07 Å². The van der Waals surface area contributed by atoms with Crippen LogP contribution in [0, 0.1) is 0 Å². The summed E-state index contributed by atoms with van der Waals surface area (Å²) in [7, 11) is 5.80. The van der Waals surface area contributed by atoms with Gasteiger partial charge in [0.2, 0.25) is 0 Å². The number of ether oxygens (including phenoxy) is 1. The summed E-state index contributed by atoms with van der Waals surface area (Å²) in [6, 6.07) is 0. The molecule has 1 saturated heterocycles. The predicted molar refractivity (Wildman–Crippen MR) is 58.4 cm³/mol. The van der Waals surface area contributed by atoms with Crippen LogP contribution < -0.4 is 14.3 Å². The molecule has 1 aliphatic heterocycles. The van der Waals surface area contributed by atoms with Crippen molar-refractivity contribution < 1.29 is 38.3 Å². The summed E-state index contributed by atoms with van der Waals surface area (Å²) in [5.41, 5.74) is -1.04. The fourth-order valence-electron chi connectivity index (χ4n) is 1.89. The molecular weight excluding hydrogens is 452 g/mol. The van der Waals surface area contributed by atoms with Crippen LogP contribution in [0.25, 0.3) is 0 Å². The first-order chi connectivity index (χ1) is 8.56. The molecule has 2 rings (SSSR count). The molecule has 18 heavy (non-hydrogen) atoms. The van der Waals surface area contributed by atoms with Crippen molar-refractivity contribution in [2.75, 3.05) is 6.61 Å². The predicted octanol–water partition coefficient (Wildman–Crippen LogP) is -1.96. The minimum atomic E-state index is -1.95. The number of nitrogens with zero attached hydrogens (tertiary/aromatic N) is 1. The molecule has 0 radical (unpaired) electrons. The van der Waals surface area contributed by atoms with Gasteiger partial charge in [0, 0.05) is 0 Å². The first-order valence-electron chi connectivity index (χ1n) is 5.41. The van der Waals surface area contributed by atoms with Gasteiger partial charge in [0.1, 0.15) is 0 Å². The van der Waals surface area contributed by atoms with Gasteiger partial charge in [-0.15, -0.1) is 0 Å². The molecule has 7 nitrogen and oxygen atoms in total. The second kappa shape index (κ2) is 5.83. The summed E-state index contributed by atoms with van der Waals surface area (Å²) in [5.74, 6) is 0. The van der Waals surface area contributed by atoms with Crippen LogP contribution in [0.5, 0.6) is 0 Å². The molecule has 0 amide bonds. The quantitative estimate of drug-likeness (QED) is 0.452. The molecule has 1 aliphatic rings. The van der Waals surface area contributed by atoms with E-state index >= 15 is 0 Å². The molecule has 0 unspecified atom stereocenters. The molecule has 1 aromatic rings. The third-order valence-corrected chi connectivity index (χ3v) is 8.48. The van der Waals surface area contributed by atoms with Crippen LogP contribution in [0.1, 0.15) is 12.6 Å². The zero-order valence-corrected chi connectivity index (χ0v) is 15.6. The maximum atomic E-state index is 11.7. The topological polar surface area (TPSA) is 105 Å². The molecule has 1 aromatic heterocycles. The minimum absolute atomic E-state index is 0.190. The molecular formula is C9H11ClHgN2O5. The Morgan fingerprint density at radius 2 is 2.33 bits per heavy atom. The van der Waals surface area contributed by atoms with Gasteiger partial charge in [0.25, 0.3) is 0 Å². The molecule has 96 valence electrons. The Balaban J connectivity index is 2.35. The maximum absolute atomic E-state index is 11.7. The Morgan fingerprint density at radius 3 is 2.89 bits per heavy atom. The van der Waals surface area contributed by atoms with E-state index in [4.69, 9.17) is 18.1 Å². The second-order valence-corrected chi connectivity index (χ2v) is 10.4. The van der Waals surface area contributed by atoms with E-state index in [-0.39, 0.29) is 13.0 Å². The molecule has 0 spiro atoms. The molecule has 1 fully saturated rings. The Labute approximate surface area is 117 Å². The van der Waals surface area contributed by atoms with Crippen LogP contribution in [-0.4, -0.2) is 38.6 Å². The molecule has 3 atom stereocenters. The molecule has 0 bridgehead atoms. The molecule has 0 aliphatic carbocycles. The Bertz CT molecular complexity index is 544. The van der Waals surface area contributed by atoms with Crippen molar-refractivity contribution in [3.63, 3.8) is 0 Å². The number of halogens is 1. The van der Waals surface area contributed by atoms with Crippen LogP contribution in [0.3, 0.4) is 0 Å². The van der Waals surface area contributed by atoms with Crippen molar-refractivity contribution in [1.82, 2.24) is 9.55 Å². The zero-order chi connectivity index (χ0) is 13.3. The summed E-state index contributed by atoms with van der Waals surface area (Å²) in [6.07, 6.45) is -0.625. The fraction of sp³-hybridized carbons (Fsp3) is 0.556. The number of hydrogen-bond donors (Lipinski definition) is 3. The van der Waals surface area contributed by atoms with Gasteiger partial charge in [-0.05, 0) is 0 Å². The number of hydrogen-bond acceptors (Lipinski definition) is 5. The third-order valence-electron chi connectivity index (χ3n) is 2.88. The van der Waals surface area contributed by atoms with E-state index in [2.05, 4.69) is 4.98 Å². The van der Waals surface area contributed by atoms with E-state index in [9.17, 15) is 14.7 Å². The van der Waals surface area contributed by atoms with Gasteiger partial charge in [0.15, 0.2) is 0 Å². The number of aliphatic hydroxyl groups is 2. The van der Waals surface area contributed by atoms with Crippen molar-refractivity contribution in [3.8, 4) is 0 Å². The standard InChI is InChI=1S/C9H11N2O5.ClH.Hg/c12-4-6-5(13)3-8(16-6)11-2-1-7(14)10-9(11)15;;/h2,5-6,8,12-13H,3-4H2,(H,10,14,15);1H;/q;;+1/p-1/t5-,6+,8+;;/m0../s1. The second-order valence-electron chi connectivity index (χ2n) is 4.07. The summed E-state index contributed by atoms with van der Waals surface area (Å²) < 4.78 is 7.03. The summed E-state index contributed by atoms with van der Waals surface area (Å²) >= 11 is -1.95. The Hall–Kier alpha value is -0.215. The van der Waals surface area contributed by atoms with Crippen molar-refractivity contribution in [2.45, 2.75) is 24.9 Å². The van der Waals surface area contributed by atoms with Crippen LogP contribution in [-0.2, 0) is 28.1 Å². The number of aliphatic hydroxyl groups excluding tert-OH is 2. The summed E-state index contributed by atoms with van der Waals surface area (Å²) in [6.45, 7) is -0.321. The van der Waals surface area contributed by atoms with E-state index in [1.807, 2.05) is 0 Å². The van der Waals surface area contributed by atoms with Crippen LogP contribution >= 0.6 is 8.25 Å². The monoisotopic (exact) mass is 464 g/mol. The van der Waals surface area contributed by atoms with Crippen LogP contribution in [0.2, 0.25) is 0 Å². The van der Waals surface area contributed by atoms with E-state index < -0.39 is 53.0 Å². The van der Waals surface area contributed by atoms with Crippen LogP contribution in [0.15, 0.2) is 15.8 Å². The Morgan fingerprint density at radius 1 is 1.61 bits per heavy atom. The van der Waals surface area contributed by atoms with E-state index in [0.717, 1.165) is 0 Å². The van der Waals surface area contributed by atoms with Gasteiger partial charge in [-0.25, -0.2) is 0 Å². The van der Waals surface area contributed by atoms with Gasteiger partial charge in [-0.3, -0.25) is 0 Å². The number of H-pyrrole nitrogens is 1. The van der Waals surface area contributed by atoms with Gasteiger partial charge in [-0.1, -0.05) is 0 Å². The number of aromatic amines is 1. The van der Waals surface area contributed by atoms with Gasteiger partial charge in [-0.2, -0.15) is 0 Å². The average molecular weight is 463 g/mol. The van der Waals surface area contributed by atoms with Crippen molar-refractivity contribution in [1.29, 1.82) is 0 Å². The van der Waals surface area contributed by atoms with Crippen molar-refractivity contribution in [2.24, 2.45) is 0 Å². The Kier molecular flexibility index (Phi) is 4.60. The average Bonchev–Trinajstić information content (AvgIpc) is 2.70. The molecule has 9 heteroatoms.